The lowest BCUT2D eigenvalue weighted by Crippen LogP contribution is -2.45. The van der Waals surface area contributed by atoms with Crippen LogP contribution < -0.4 is 0 Å². The molecule has 134 valence electrons. The average molecular weight is 313 g/mol. The molecule has 0 aromatic rings. The molecule has 0 fully saturated rings. The van der Waals surface area contributed by atoms with Gasteiger partial charge in [0.2, 0.25) is 0 Å². The van der Waals surface area contributed by atoms with Crippen LogP contribution in [0.15, 0.2) is 0 Å². The monoisotopic (exact) mass is 312 g/mol. The van der Waals surface area contributed by atoms with Crippen LogP contribution in [0.2, 0.25) is 0 Å². The van der Waals surface area contributed by atoms with Crippen molar-refractivity contribution in [3.05, 3.63) is 0 Å². The highest BCUT2D eigenvalue weighted by atomic mass is 15.3. The van der Waals surface area contributed by atoms with Crippen LogP contribution in [0.4, 0.5) is 0 Å². The maximum Gasteiger partial charge on any atom is 0.0884 e. The Kier molecular flexibility index (Phi) is 14.5. The molecule has 0 spiro atoms. The van der Waals surface area contributed by atoms with E-state index in [0.29, 0.717) is 0 Å². The van der Waals surface area contributed by atoms with Crippen LogP contribution in [-0.2, 0) is 0 Å². The van der Waals surface area contributed by atoms with Crippen molar-refractivity contribution in [3.8, 4) is 0 Å². The van der Waals surface area contributed by atoms with Gasteiger partial charge in [-0.25, -0.2) is 0 Å². The van der Waals surface area contributed by atoms with E-state index in [1.54, 1.807) is 0 Å². The summed E-state index contributed by atoms with van der Waals surface area (Å²) < 4.78 is 1.16. The van der Waals surface area contributed by atoms with E-state index >= 15 is 0 Å². The summed E-state index contributed by atoms with van der Waals surface area (Å²) in [6.45, 7) is 4.60. The second-order valence-corrected chi connectivity index (χ2v) is 8.24. The summed E-state index contributed by atoms with van der Waals surface area (Å²) >= 11 is 0. The summed E-state index contributed by atoms with van der Waals surface area (Å²) in [4.78, 5) is 0. The predicted octanol–water partition coefficient (Wildman–Crippen LogP) is 6.95. The molecule has 1 atom stereocenters. The van der Waals surface area contributed by atoms with E-state index in [4.69, 9.17) is 0 Å². The first-order valence-corrected chi connectivity index (χ1v) is 10.3. The van der Waals surface area contributed by atoms with Gasteiger partial charge in [-0.2, -0.15) is 0 Å². The van der Waals surface area contributed by atoms with Crippen molar-refractivity contribution in [1.29, 1.82) is 0 Å². The van der Waals surface area contributed by atoms with Crippen LogP contribution in [0, 0.1) is 0 Å². The van der Waals surface area contributed by atoms with E-state index < -0.39 is 0 Å². The third-order valence-corrected chi connectivity index (χ3v) is 5.13. The van der Waals surface area contributed by atoms with Gasteiger partial charge in [0.25, 0.3) is 0 Å². The molecule has 0 bridgehead atoms. The Morgan fingerprint density at radius 1 is 0.500 bits per heavy atom. The van der Waals surface area contributed by atoms with E-state index in [2.05, 4.69) is 35.0 Å². The van der Waals surface area contributed by atoms with Gasteiger partial charge < -0.3 is 4.48 Å². The first-order chi connectivity index (χ1) is 10.5. The van der Waals surface area contributed by atoms with Crippen molar-refractivity contribution in [2.75, 3.05) is 21.1 Å². The molecule has 0 heterocycles. The summed E-state index contributed by atoms with van der Waals surface area (Å²) in [5.41, 5.74) is 0. The molecule has 0 aliphatic carbocycles. The van der Waals surface area contributed by atoms with Crippen molar-refractivity contribution in [3.63, 3.8) is 0 Å². The van der Waals surface area contributed by atoms with E-state index in [0.717, 1.165) is 10.5 Å². The van der Waals surface area contributed by atoms with Gasteiger partial charge in [-0.15, -0.1) is 0 Å². The van der Waals surface area contributed by atoms with Crippen molar-refractivity contribution >= 4 is 0 Å². The second kappa shape index (κ2) is 14.5. The van der Waals surface area contributed by atoms with Crippen molar-refractivity contribution in [2.24, 2.45) is 0 Å². The molecule has 0 aliphatic rings. The van der Waals surface area contributed by atoms with Gasteiger partial charge in [-0.3, -0.25) is 0 Å². The minimum atomic E-state index is 0.877. The first kappa shape index (κ1) is 22.0. The Morgan fingerprint density at radius 2 is 0.818 bits per heavy atom. The molecule has 1 nitrogen and oxygen atoms in total. The van der Waals surface area contributed by atoms with Crippen LogP contribution in [0.5, 0.6) is 0 Å². The minimum Gasteiger partial charge on any atom is -0.328 e. The van der Waals surface area contributed by atoms with Gasteiger partial charge in [0, 0.05) is 0 Å². The van der Waals surface area contributed by atoms with Gasteiger partial charge >= 0.3 is 0 Å². The zero-order valence-electron chi connectivity index (χ0n) is 16.6. The Bertz CT molecular complexity index is 216. The molecule has 0 N–H and O–H groups in total. The Balaban J connectivity index is 3.71. The van der Waals surface area contributed by atoms with Crippen LogP contribution in [-0.4, -0.2) is 31.7 Å². The fourth-order valence-corrected chi connectivity index (χ4v) is 3.42. The number of unbranched alkanes of at least 4 members (excludes halogenated alkanes) is 11. The van der Waals surface area contributed by atoms with E-state index in [1.165, 1.54) is 96.3 Å². The highest BCUT2D eigenvalue weighted by Crippen LogP contribution is 2.20. The molecule has 1 heteroatoms. The van der Waals surface area contributed by atoms with Crippen molar-refractivity contribution in [2.45, 2.75) is 116 Å². The first-order valence-electron chi connectivity index (χ1n) is 10.3. The van der Waals surface area contributed by atoms with E-state index in [9.17, 15) is 0 Å². The van der Waals surface area contributed by atoms with Crippen LogP contribution in [0.1, 0.15) is 110 Å². The van der Waals surface area contributed by atoms with Crippen LogP contribution in [0.25, 0.3) is 0 Å². The van der Waals surface area contributed by atoms with Gasteiger partial charge in [-0.1, -0.05) is 84.5 Å². The lowest BCUT2D eigenvalue weighted by Gasteiger charge is -2.34. The molecule has 0 saturated carbocycles. The fraction of sp³-hybridized carbons (Fsp3) is 1.00. The highest BCUT2D eigenvalue weighted by molar-refractivity contribution is 4.60. The third kappa shape index (κ3) is 13.6. The number of rotatable bonds is 16. The summed E-state index contributed by atoms with van der Waals surface area (Å²) in [7, 11) is 7.18. The molecular formula is C21H46N+. The second-order valence-electron chi connectivity index (χ2n) is 8.24. The third-order valence-electron chi connectivity index (χ3n) is 5.13. The normalized spacial score (nSPS) is 13.5. The number of nitrogens with zero attached hydrogens (tertiary/aromatic N) is 1. The molecule has 0 aromatic carbocycles. The van der Waals surface area contributed by atoms with Crippen molar-refractivity contribution in [1.82, 2.24) is 0 Å². The van der Waals surface area contributed by atoms with E-state index in [1.807, 2.05) is 0 Å². The van der Waals surface area contributed by atoms with Gasteiger partial charge in [0.15, 0.2) is 0 Å². The molecule has 0 amide bonds. The minimum absolute atomic E-state index is 0.877. The molecule has 0 aliphatic heterocycles. The number of hydrogen-bond acceptors (Lipinski definition) is 0. The molecule has 0 radical (unpaired) electrons. The topological polar surface area (TPSA) is 0 Å². The quantitative estimate of drug-likeness (QED) is 0.213. The van der Waals surface area contributed by atoms with Gasteiger partial charge in [0.05, 0.1) is 27.2 Å². The lowest BCUT2D eigenvalue weighted by atomic mass is 9.98. The molecule has 0 rings (SSSR count). The average Bonchev–Trinajstić information content (AvgIpc) is 2.46. The van der Waals surface area contributed by atoms with Gasteiger partial charge in [0.1, 0.15) is 0 Å². The number of quaternary nitrogens is 1. The molecule has 1 unspecified atom stereocenters. The Morgan fingerprint density at radius 3 is 1.14 bits per heavy atom. The number of hydrogen-bond donors (Lipinski definition) is 0. The Hall–Kier alpha value is -0.0400. The van der Waals surface area contributed by atoms with Crippen molar-refractivity contribution < 1.29 is 4.48 Å². The SMILES string of the molecule is CCCCCCCCCC(CCCCCCCC)[N+](C)(C)C. The fourth-order valence-electron chi connectivity index (χ4n) is 3.42. The van der Waals surface area contributed by atoms with Crippen LogP contribution >= 0.6 is 0 Å². The largest absolute Gasteiger partial charge is 0.328 e. The summed E-state index contributed by atoms with van der Waals surface area (Å²) in [6.07, 6.45) is 21.5. The smallest absolute Gasteiger partial charge is 0.0884 e. The summed E-state index contributed by atoms with van der Waals surface area (Å²) in [5.74, 6) is 0. The maximum absolute atomic E-state index is 2.39. The van der Waals surface area contributed by atoms with Crippen LogP contribution in [0.3, 0.4) is 0 Å². The summed E-state index contributed by atoms with van der Waals surface area (Å²) in [6, 6.07) is 0.877. The lowest BCUT2D eigenvalue weighted by molar-refractivity contribution is -0.896. The highest BCUT2D eigenvalue weighted by Gasteiger charge is 2.22. The maximum atomic E-state index is 2.39. The summed E-state index contributed by atoms with van der Waals surface area (Å²) in [5, 5.41) is 0. The predicted molar refractivity (Wildman–Crippen MR) is 102 cm³/mol. The van der Waals surface area contributed by atoms with Gasteiger partial charge in [-0.05, 0) is 25.7 Å². The zero-order chi connectivity index (χ0) is 16.7. The molecule has 0 saturated heterocycles. The molecular weight excluding hydrogens is 266 g/mol. The molecule has 0 aromatic heterocycles. The van der Waals surface area contributed by atoms with E-state index in [-0.39, 0.29) is 0 Å². The Labute approximate surface area is 142 Å². The standard InChI is InChI=1S/C21H46N/c1-6-8-10-12-14-16-18-20-21(22(3,4)5)19-17-15-13-11-9-7-2/h21H,6-20H2,1-5H3/q+1. The zero-order valence-corrected chi connectivity index (χ0v) is 16.6. The molecule has 22 heavy (non-hydrogen) atoms.